The number of carbonyl (C=O) groups is 2. The summed E-state index contributed by atoms with van der Waals surface area (Å²) in [5.74, 6) is -0.782. The van der Waals surface area contributed by atoms with Gasteiger partial charge in [0, 0.05) is 22.3 Å². The van der Waals surface area contributed by atoms with Crippen molar-refractivity contribution >= 4 is 35.2 Å². The highest BCUT2D eigenvalue weighted by Crippen LogP contribution is 2.12. The van der Waals surface area contributed by atoms with Crippen LogP contribution < -0.4 is 11.1 Å². The molecule has 0 bridgehead atoms. The first-order valence-electron chi connectivity index (χ1n) is 6.19. The largest absolute Gasteiger partial charge is 0.366 e. The van der Waals surface area contributed by atoms with Gasteiger partial charge in [0.25, 0.3) is 0 Å². The summed E-state index contributed by atoms with van der Waals surface area (Å²) in [6.07, 6.45) is 3.08. The van der Waals surface area contributed by atoms with Crippen LogP contribution in [0, 0.1) is 0 Å². The van der Waals surface area contributed by atoms with Crippen molar-refractivity contribution in [1.82, 2.24) is 0 Å². The van der Waals surface area contributed by atoms with Crippen LogP contribution in [0.4, 0.5) is 5.69 Å². The van der Waals surface area contributed by atoms with Crippen LogP contribution in [0.3, 0.4) is 0 Å². The fourth-order valence-electron chi connectivity index (χ4n) is 1.68. The molecule has 2 aromatic carbocycles. The summed E-state index contributed by atoms with van der Waals surface area (Å²) in [5, 5.41) is 3.29. The lowest BCUT2D eigenvalue weighted by Gasteiger charge is -2.02. The van der Waals surface area contributed by atoms with Crippen LogP contribution in [0.5, 0.6) is 0 Å². The van der Waals surface area contributed by atoms with Gasteiger partial charge in [-0.1, -0.05) is 23.7 Å². The molecule has 4 nitrogen and oxygen atoms in total. The highest BCUT2D eigenvalue weighted by Gasteiger charge is 2.01. The van der Waals surface area contributed by atoms with Gasteiger partial charge in [-0.2, -0.15) is 0 Å². The quantitative estimate of drug-likeness (QED) is 0.852. The van der Waals surface area contributed by atoms with Crippen LogP contribution in [0.2, 0.25) is 5.02 Å². The van der Waals surface area contributed by atoms with E-state index in [1.54, 1.807) is 42.5 Å². The standard InChI is InChI=1S/C16H13ClN2O2/c17-13-3-1-2-11(10-13)4-9-15(20)19-14-7-5-12(6-8-14)16(18)21/h1-10H,(H2,18,21)(H,19,20). The second kappa shape index (κ2) is 6.72. The smallest absolute Gasteiger partial charge is 0.248 e. The molecule has 0 heterocycles. The van der Waals surface area contributed by atoms with Gasteiger partial charge >= 0.3 is 0 Å². The van der Waals surface area contributed by atoms with E-state index >= 15 is 0 Å². The fourth-order valence-corrected chi connectivity index (χ4v) is 1.88. The van der Waals surface area contributed by atoms with Crippen molar-refractivity contribution in [2.45, 2.75) is 0 Å². The zero-order valence-corrected chi connectivity index (χ0v) is 11.8. The summed E-state index contributed by atoms with van der Waals surface area (Å²) in [7, 11) is 0. The van der Waals surface area contributed by atoms with E-state index in [2.05, 4.69) is 5.32 Å². The van der Waals surface area contributed by atoms with Gasteiger partial charge in [-0.15, -0.1) is 0 Å². The number of benzene rings is 2. The van der Waals surface area contributed by atoms with E-state index in [0.29, 0.717) is 16.3 Å². The minimum absolute atomic E-state index is 0.276. The van der Waals surface area contributed by atoms with E-state index in [-0.39, 0.29) is 5.91 Å². The number of amides is 2. The van der Waals surface area contributed by atoms with Crippen LogP contribution in [0.1, 0.15) is 15.9 Å². The number of rotatable bonds is 4. The minimum Gasteiger partial charge on any atom is -0.366 e. The molecule has 0 aliphatic heterocycles. The van der Waals surface area contributed by atoms with E-state index in [1.807, 2.05) is 12.1 Å². The van der Waals surface area contributed by atoms with Crippen LogP contribution in [-0.4, -0.2) is 11.8 Å². The number of nitrogens with one attached hydrogen (secondary N) is 1. The molecular weight excluding hydrogens is 288 g/mol. The molecule has 21 heavy (non-hydrogen) atoms. The predicted molar refractivity (Wildman–Crippen MR) is 84.1 cm³/mol. The molecule has 0 aliphatic rings. The third-order valence-electron chi connectivity index (χ3n) is 2.71. The van der Waals surface area contributed by atoms with E-state index in [9.17, 15) is 9.59 Å². The molecule has 0 spiro atoms. The van der Waals surface area contributed by atoms with Crippen molar-refractivity contribution in [3.8, 4) is 0 Å². The maximum atomic E-state index is 11.8. The first-order valence-corrected chi connectivity index (χ1v) is 6.57. The number of halogens is 1. The van der Waals surface area contributed by atoms with Gasteiger partial charge in [0.2, 0.25) is 11.8 Å². The highest BCUT2D eigenvalue weighted by atomic mass is 35.5. The Morgan fingerprint density at radius 3 is 2.43 bits per heavy atom. The predicted octanol–water partition coefficient (Wildman–Crippen LogP) is 3.09. The lowest BCUT2D eigenvalue weighted by Crippen LogP contribution is -2.11. The van der Waals surface area contributed by atoms with Crippen molar-refractivity contribution in [2.75, 3.05) is 5.32 Å². The summed E-state index contributed by atoms with van der Waals surface area (Å²) >= 11 is 5.86. The third kappa shape index (κ3) is 4.47. The summed E-state index contributed by atoms with van der Waals surface area (Å²) in [6, 6.07) is 13.5. The van der Waals surface area contributed by atoms with Gasteiger partial charge in [-0.3, -0.25) is 9.59 Å². The van der Waals surface area contributed by atoms with E-state index in [1.165, 1.54) is 6.08 Å². The van der Waals surface area contributed by atoms with Gasteiger partial charge < -0.3 is 11.1 Å². The van der Waals surface area contributed by atoms with Gasteiger partial charge in [-0.05, 0) is 48.0 Å². The third-order valence-corrected chi connectivity index (χ3v) is 2.95. The normalized spacial score (nSPS) is 10.5. The topological polar surface area (TPSA) is 72.2 Å². The van der Waals surface area contributed by atoms with Crippen LogP contribution in [0.15, 0.2) is 54.6 Å². The molecule has 0 saturated carbocycles. The first kappa shape index (κ1) is 14.8. The second-order valence-electron chi connectivity index (χ2n) is 4.32. The summed E-state index contributed by atoms with van der Waals surface area (Å²) in [6.45, 7) is 0. The van der Waals surface area contributed by atoms with Crippen molar-refractivity contribution in [2.24, 2.45) is 5.73 Å². The monoisotopic (exact) mass is 300 g/mol. The molecular formula is C16H13ClN2O2. The molecule has 0 aromatic heterocycles. The molecule has 3 N–H and O–H groups in total. The number of anilines is 1. The Morgan fingerprint density at radius 2 is 1.81 bits per heavy atom. The summed E-state index contributed by atoms with van der Waals surface area (Å²) < 4.78 is 0. The first-order chi connectivity index (χ1) is 10.0. The molecule has 2 aromatic rings. The van der Waals surface area contributed by atoms with Gasteiger partial charge in [0.15, 0.2) is 0 Å². The Morgan fingerprint density at radius 1 is 1.10 bits per heavy atom. The zero-order chi connectivity index (χ0) is 15.2. The Hall–Kier alpha value is -2.59. The molecule has 106 valence electrons. The molecule has 0 fully saturated rings. The summed E-state index contributed by atoms with van der Waals surface area (Å²) in [4.78, 5) is 22.7. The van der Waals surface area contributed by atoms with Gasteiger partial charge in [0.05, 0.1) is 0 Å². The Balaban J connectivity index is 1.99. The van der Waals surface area contributed by atoms with Gasteiger partial charge in [-0.25, -0.2) is 0 Å². The Kier molecular flexibility index (Phi) is 4.74. The molecule has 0 saturated heterocycles. The van der Waals surface area contributed by atoms with E-state index in [4.69, 9.17) is 17.3 Å². The van der Waals surface area contributed by atoms with E-state index in [0.717, 1.165) is 5.56 Å². The molecule has 2 rings (SSSR count). The van der Waals surface area contributed by atoms with Gasteiger partial charge in [0.1, 0.15) is 0 Å². The molecule has 0 radical (unpaired) electrons. The van der Waals surface area contributed by atoms with Crippen molar-refractivity contribution in [3.63, 3.8) is 0 Å². The lowest BCUT2D eigenvalue weighted by molar-refractivity contribution is -0.111. The van der Waals surface area contributed by atoms with Crippen LogP contribution in [-0.2, 0) is 4.79 Å². The fraction of sp³-hybridized carbons (Fsp3) is 0. The Bertz CT molecular complexity index is 694. The minimum atomic E-state index is -0.506. The second-order valence-corrected chi connectivity index (χ2v) is 4.76. The van der Waals surface area contributed by atoms with Crippen molar-refractivity contribution in [3.05, 3.63) is 70.8 Å². The number of nitrogens with two attached hydrogens (primary N) is 1. The molecule has 0 aliphatic carbocycles. The van der Waals surface area contributed by atoms with Crippen molar-refractivity contribution in [1.29, 1.82) is 0 Å². The van der Waals surface area contributed by atoms with E-state index < -0.39 is 5.91 Å². The lowest BCUT2D eigenvalue weighted by atomic mass is 10.2. The molecule has 0 unspecified atom stereocenters. The summed E-state index contributed by atoms with van der Waals surface area (Å²) in [5.41, 5.74) is 6.95. The number of hydrogen-bond donors (Lipinski definition) is 2. The molecule has 5 heteroatoms. The van der Waals surface area contributed by atoms with Crippen LogP contribution in [0.25, 0.3) is 6.08 Å². The number of primary amides is 1. The number of carbonyl (C=O) groups excluding carboxylic acids is 2. The Labute approximate surface area is 127 Å². The maximum Gasteiger partial charge on any atom is 0.248 e. The maximum absolute atomic E-state index is 11.8. The van der Waals surface area contributed by atoms with Crippen LogP contribution >= 0.6 is 11.6 Å². The highest BCUT2D eigenvalue weighted by molar-refractivity contribution is 6.30. The molecule has 0 atom stereocenters. The SMILES string of the molecule is NC(=O)c1ccc(NC(=O)C=Cc2cccc(Cl)c2)cc1. The molecule has 2 amide bonds. The van der Waals surface area contributed by atoms with Crippen molar-refractivity contribution < 1.29 is 9.59 Å². The zero-order valence-electron chi connectivity index (χ0n) is 11.0. The average Bonchev–Trinajstić information content (AvgIpc) is 2.46. The number of hydrogen-bond acceptors (Lipinski definition) is 2. The average molecular weight is 301 g/mol.